The van der Waals surface area contributed by atoms with Gasteiger partial charge >= 0.3 is 6.03 Å². The fourth-order valence-electron chi connectivity index (χ4n) is 0.161. The second-order valence-corrected chi connectivity index (χ2v) is 1.81. The molecule has 0 aliphatic carbocycles. The van der Waals surface area contributed by atoms with Crippen molar-refractivity contribution in [2.45, 2.75) is 0 Å². The number of hydrogen-bond acceptors (Lipinski definition) is 4. The van der Waals surface area contributed by atoms with Crippen molar-refractivity contribution < 1.29 is 18.4 Å². The van der Waals surface area contributed by atoms with Gasteiger partial charge in [-0.25, -0.2) is 4.79 Å². The van der Waals surface area contributed by atoms with Crippen LogP contribution in [0.15, 0.2) is 0 Å². The Bertz CT molecular complexity index is 143. The number of carbonyl (C=O) groups excluding carboxylic acids is 2. The van der Waals surface area contributed by atoms with E-state index in [0.717, 1.165) is 0 Å². The zero-order valence-corrected chi connectivity index (χ0v) is 4.96. The van der Waals surface area contributed by atoms with Gasteiger partial charge in [0.15, 0.2) is 0 Å². The third-order valence-corrected chi connectivity index (χ3v) is 1.06. The van der Waals surface area contributed by atoms with Gasteiger partial charge in [0.05, 0.1) is 11.3 Å². The highest BCUT2D eigenvalue weighted by atomic mass is 32.2. The monoisotopic (exact) mass is 151 g/mol. The predicted octanol–water partition coefficient (Wildman–Crippen LogP) is -1.68. The van der Waals surface area contributed by atoms with E-state index in [4.69, 9.17) is 0 Å². The summed E-state index contributed by atoms with van der Waals surface area (Å²) in [7, 11) is 0. The molecule has 3 amide bonds. The van der Waals surface area contributed by atoms with Gasteiger partial charge in [-0.1, -0.05) is 0 Å². The lowest BCUT2D eigenvalue weighted by molar-refractivity contribution is -0.112. The number of carbonyl (C=O) groups is 2. The van der Waals surface area contributed by atoms with E-state index in [1.165, 1.54) is 0 Å². The number of amides is 3. The maximum atomic E-state index is 9.90. The molecular formula is C2H3N2O4S-. The molecule has 2 N–H and O–H groups in total. The minimum absolute atomic E-state index is 0.167. The van der Waals surface area contributed by atoms with Crippen LogP contribution in [-0.4, -0.2) is 25.5 Å². The van der Waals surface area contributed by atoms with Crippen molar-refractivity contribution in [1.29, 1.82) is 0 Å². The van der Waals surface area contributed by atoms with Gasteiger partial charge in [-0.2, -0.15) is 4.31 Å². The van der Waals surface area contributed by atoms with Crippen LogP contribution in [-0.2, 0) is 16.1 Å². The molecule has 0 spiro atoms. The van der Waals surface area contributed by atoms with Gasteiger partial charge in [-0.15, -0.1) is 0 Å². The van der Waals surface area contributed by atoms with Gasteiger partial charge in [0.1, 0.15) is 0 Å². The van der Waals surface area contributed by atoms with Crippen molar-refractivity contribution in [3.63, 3.8) is 0 Å². The predicted molar refractivity (Wildman–Crippen MR) is 26.4 cm³/mol. The summed E-state index contributed by atoms with van der Waals surface area (Å²) in [5.41, 5.74) is 4.41. The Kier molecular flexibility index (Phi) is 2.82. The van der Waals surface area contributed by atoms with E-state index in [2.05, 4.69) is 5.73 Å². The lowest BCUT2D eigenvalue weighted by Gasteiger charge is -2.13. The minimum atomic E-state index is -2.89. The number of hydrogen-bond donors (Lipinski definition) is 1. The molecule has 0 fully saturated rings. The van der Waals surface area contributed by atoms with Crippen LogP contribution >= 0.6 is 0 Å². The molecule has 0 heterocycles. The first-order valence-corrected chi connectivity index (χ1v) is 2.76. The standard InChI is InChI=1S/C2H4N2O4S/c3-2(6)4(1-5)9(7)8/h1H,(H2,3,6)(H,7,8)/p-1. The second-order valence-electron chi connectivity index (χ2n) is 0.987. The van der Waals surface area contributed by atoms with Crippen molar-refractivity contribution >= 4 is 23.7 Å². The van der Waals surface area contributed by atoms with Gasteiger partial charge in [0, 0.05) is 0 Å². The summed E-state index contributed by atoms with van der Waals surface area (Å²) in [6.45, 7) is 0. The molecule has 0 aliphatic heterocycles. The Morgan fingerprint density at radius 1 is 1.78 bits per heavy atom. The molecule has 6 nitrogen and oxygen atoms in total. The molecule has 0 bridgehead atoms. The molecule has 0 radical (unpaired) electrons. The Morgan fingerprint density at radius 2 is 2.22 bits per heavy atom. The van der Waals surface area contributed by atoms with Crippen molar-refractivity contribution in [3.05, 3.63) is 0 Å². The van der Waals surface area contributed by atoms with Crippen LogP contribution in [0.3, 0.4) is 0 Å². The zero-order chi connectivity index (χ0) is 7.44. The Balaban J connectivity index is 4.16. The highest BCUT2D eigenvalue weighted by Crippen LogP contribution is 1.83. The van der Waals surface area contributed by atoms with Gasteiger partial charge in [0.25, 0.3) is 0 Å². The number of imide groups is 1. The van der Waals surface area contributed by atoms with Crippen molar-refractivity contribution in [3.8, 4) is 0 Å². The normalized spacial score (nSPS) is 12.1. The first kappa shape index (κ1) is 8.05. The van der Waals surface area contributed by atoms with E-state index in [-0.39, 0.29) is 10.7 Å². The summed E-state index contributed by atoms with van der Waals surface area (Å²) in [5.74, 6) is 0. The summed E-state index contributed by atoms with van der Waals surface area (Å²) in [5, 5.41) is 0. The fourth-order valence-corrected chi connectivity index (χ4v) is 0.378. The van der Waals surface area contributed by atoms with Crippen LogP contribution in [0.4, 0.5) is 4.79 Å². The van der Waals surface area contributed by atoms with E-state index < -0.39 is 17.3 Å². The Morgan fingerprint density at radius 3 is 2.22 bits per heavy atom. The maximum absolute atomic E-state index is 9.90. The van der Waals surface area contributed by atoms with E-state index in [1.807, 2.05) is 0 Å². The number of urea groups is 1. The summed E-state index contributed by atoms with van der Waals surface area (Å²) >= 11 is -2.89. The summed E-state index contributed by atoms with van der Waals surface area (Å²) in [6, 6.07) is -1.32. The third kappa shape index (κ3) is 2.20. The first-order valence-electron chi connectivity index (χ1n) is 1.73. The summed E-state index contributed by atoms with van der Waals surface area (Å²) in [6.07, 6.45) is -0.189. The molecule has 0 aromatic rings. The zero-order valence-electron chi connectivity index (χ0n) is 4.14. The first-order chi connectivity index (χ1) is 4.09. The number of rotatable bonds is 2. The molecule has 0 saturated heterocycles. The molecule has 0 saturated carbocycles. The van der Waals surface area contributed by atoms with E-state index in [0.29, 0.717) is 0 Å². The second kappa shape index (κ2) is 3.15. The van der Waals surface area contributed by atoms with Crippen LogP contribution in [0.5, 0.6) is 0 Å². The quantitative estimate of drug-likeness (QED) is 0.376. The van der Waals surface area contributed by atoms with E-state index in [9.17, 15) is 18.4 Å². The highest BCUT2D eigenvalue weighted by Gasteiger charge is 2.06. The average molecular weight is 151 g/mol. The molecule has 0 aromatic heterocycles. The van der Waals surface area contributed by atoms with Crippen molar-refractivity contribution in [2.75, 3.05) is 0 Å². The molecular weight excluding hydrogens is 148 g/mol. The average Bonchev–Trinajstić information content (AvgIpc) is 1.64. The molecule has 9 heavy (non-hydrogen) atoms. The molecule has 1 atom stereocenters. The molecule has 0 aliphatic rings. The Hall–Kier alpha value is -0.950. The Labute approximate surface area is 53.0 Å². The number of nitrogens with zero attached hydrogens (tertiary/aromatic N) is 1. The topological polar surface area (TPSA) is 104 Å². The van der Waals surface area contributed by atoms with Gasteiger partial charge < -0.3 is 10.3 Å². The van der Waals surface area contributed by atoms with Gasteiger partial charge in [0.2, 0.25) is 6.41 Å². The van der Waals surface area contributed by atoms with Crippen molar-refractivity contribution in [1.82, 2.24) is 4.31 Å². The van der Waals surface area contributed by atoms with Crippen LogP contribution in [0.25, 0.3) is 0 Å². The van der Waals surface area contributed by atoms with Gasteiger partial charge in [-0.3, -0.25) is 9.00 Å². The maximum Gasteiger partial charge on any atom is 0.332 e. The SMILES string of the molecule is NC(=O)N(C=O)S(=O)[O-]. The third-order valence-electron chi connectivity index (χ3n) is 0.474. The lowest BCUT2D eigenvalue weighted by atomic mass is 11.0. The van der Waals surface area contributed by atoms with Crippen LogP contribution in [0, 0.1) is 0 Å². The van der Waals surface area contributed by atoms with E-state index in [1.54, 1.807) is 0 Å². The fraction of sp³-hybridized carbons (Fsp3) is 0. The smallest absolute Gasteiger partial charge is 0.332 e. The number of nitrogens with two attached hydrogens (primary N) is 1. The van der Waals surface area contributed by atoms with Crippen LogP contribution in [0.2, 0.25) is 0 Å². The minimum Gasteiger partial charge on any atom is -0.755 e. The van der Waals surface area contributed by atoms with Crippen LogP contribution in [0.1, 0.15) is 0 Å². The molecule has 52 valence electrons. The van der Waals surface area contributed by atoms with Gasteiger partial charge in [-0.05, 0) is 0 Å². The van der Waals surface area contributed by atoms with E-state index >= 15 is 0 Å². The largest absolute Gasteiger partial charge is 0.755 e. The van der Waals surface area contributed by atoms with Crippen LogP contribution < -0.4 is 5.73 Å². The number of primary amides is 1. The summed E-state index contributed by atoms with van der Waals surface area (Å²) in [4.78, 5) is 19.5. The lowest BCUT2D eigenvalue weighted by Crippen LogP contribution is -2.35. The molecule has 0 rings (SSSR count). The molecule has 0 aromatic carbocycles. The highest BCUT2D eigenvalue weighted by molar-refractivity contribution is 7.77. The molecule has 7 heteroatoms. The van der Waals surface area contributed by atoms with Crippen molar-refractivity contribution in [2.24, 2.45) is 5.73 Å². The summed E-state index contributed by atoms with van der Waals surface area (Å²) < 4.78 is 19.4. The molecule has 1 unspecified atom stereocenters.